The fourth-order valence-corrected chi connectivity index (χ4v) is 3.47. The van der Waals surface area contributed by atoms with E-state index in [4.69, 9.17) is 0 Å². The van der Waals surface area contributed by atoms with Gasteiger partial charge in [-0.3, -0.25) is 9.89 Å². The van der Waals surface area contributed by atoms with E-state index in [1.54, 1.807) is 6.20 Å². The Morgan fingerprint density at radius 2 is 2.11 bits per heavy atom. The van der Waals surface area contributed by atoms with Gasteiger partial charge >= 0.3 is 0 Å². The van der Waals surface area contributed by atoms with Crippen LogP contribution < -0.4 is 10.6 Å². The highest BCUT2D eigenvalue weighted by Gasteiger charge is 2.21. The number of nitrogens with one attached hydrogen (secondary N) is 3. The second-order valence-electron chi connectivity index (χ2n) is 6.76. The first-order chi connectivity index (χ1) is 13.3. The van der Waals surface area contributed by atoms with Crippen molar-refractivity contribution in [2.75, 3.05) is 6.54 Å². The number of amides is 1. The lowest BCUT2D eigenvalue weighted by atomic mass is 10.1. The van der Waals surface area contributed by atoms with E-state index in [0.29, 0.717) is 18.8 Å². The normalized spacial score (nSPS) is 12.9. The number of carbonyl (C=O) groups excluding carboxylic acids is 1. The van der Waals surface area contributed by atoms with Crippen molar-refractivity contribution in [2.45, 2.75) is 38.9 Å². The van der Waals surface area contributed by atoms with Gasteiger partial charge in [-0.15, -0.1) is 12.4 Å². The second kappa shape index (κ2) is 9.52. The van der Waals surface area contributed by atoms with Gasteiger partial charge in [0.05, 0.1) is 6.54 Å². The molecule has 1 aliphatic rings. The molecule has 0 saturated carbocycles. The van der Waals surface area contributed by atoms with Crippen molar-refractivity contribution < 1.29 is 4.79 Å². The molecule has 0 spiro atoms. The lowest BCUT2D eigenvalue weighted by molar-refractivity contribution is 0.0943. The number of H-pyrrole nitrogens is 1. The molecule has 0 aliphatic carbocycles. The van der Waals surface area contributed by atoms with E-state index in [-0.39, 0.29) is 18.3 Å². The van der Waals surface area contributed by atoms with Gasteiger partial charge in [0.1, 0.15) is 5.82 Å². The monoisotopic (exact) mass is 400 g/mol. The number of carbonyl (C=O) groups is 1. The zero-order valence-corrected chi connectivity index (χ0v) is 16.5. The summed E-state index contributed by atoms with van der Waals surface area (Å²) in [5.74, 6) is 0.703. The third-order valence-corrected chi connectivity index (χ3v) is 4.94. The second-order valence-corrected chi connectivity index (χ2v) is 6.76. The molecule has 0 atom stereocenters. The zero-order valence-electron chi connectivity index (χ0n) is 15.6. The predicted molar refractivity (Wildman–Crippen MR) is 109 cm³/mol. The predicted octanol–water partition coefficient (Wildman–Crippen LogP) is 2.24. The highest BCUT2D eigenvalue weighted by molar-refractivity contribution is 5.93. The average molecular weight is 401 g/mol. The number of benzene rings is 1. The van der Waals surface area contributed by atoms with Crippen molar-refractivity contribution in [3.05, 3.63) is 71.1 Å². The van der Waals surface area contributed by atoms with E-state index in [1.807, 2.05) is 12.3 Å². The van der Waals surface area contributed by atoms with Crippen molar-refractivity contribution in [3.63, 3.8) is 0 Å². The van der Waals surface area contributed by atoms with Gasteiger partial charge in [0.15, 0.2) is 5.69 Å². The van der Waals surface area contributed by atoms with Crippen molar-refractivity contribution in [3.8, 4) is 0 Å². The fraction of sp³-hybridized carbons (Fsp3) is 0.350. The molecule has 3 heterocycles. The van der Waals surface area contributed by atoms with Crippen molar-refractivity contribution in [2.24, 2.45) is 0 Å². The van der Waals surface area contributed by atoms with Crippen LogP contribution in [0.5, 0.6) is 0 Å². The van der Waals surface area contributed by atoms with Crippen LogP contribution in [0, 0.1) is 0 Å². The van der Waals surface area contributed by atoms with Crippen LogP contribution in [0.2, 0.25) is 0 Å². The quantitative estimate of drug-likeness (QED) is 0.567. The first kappa shape index (κ1) is 20.1. The van der Waals surface area contributed by atoms with Crippen molar-refractivity contribution >= 4 is 18.3 Å². The average Bonchev–Trinajstić information content (AvgIpc) is 3.34. The molecule has 3 aromatic rings. The largest absolute Gasteiger partial charge is 0.343 e. The number of hydrogen-bond acceptors (Lipinski definition) is 4. The van der Waals surface area contributed by atoms with Crippen LogP contribution in [-0.4, -0.2) is 32.2 Å². The fourth-order valence-electron chi connectivity index (χ4n) is 3.47. The lowest BCUT2D eigenvalue weighted by Gasteiger charge is -2.13. The topological polar surface area (TPSA) is 87.6 Å². The Labute approximate surface area is 170 Å². The molecular weight excluding hydrogens is 376 g/mol. The number of fused-ring (bicyclic) bond motifs is 1. The number of nitrogens with zero attached hydrogens (tertiary/aromatic N) is 3. The molecule has 148 valence electrons. The van der Waals surface area contributed by atoms with Gasteiger partial charge in [-0.25, -0.2) is 4.98 Å². The molecule has 4 rings (SSSR count). The third-order valence-electron chi connectivity index (χ3n) is 4.94. The van der Waals surface area contributed by atoms with Crippen LogP contribution >= 0.6 is 12.4 Å². The van der Waals surface area contributed by atoms with Crippen LogP contribution in [0.15, 0.2) is 42.7 Å². The summed E-state index contributed by atoms with van der Waals surface area (Å²) in [5.41, 5.74) is 3.86. The molecule has 2 aromatic heterocycles. The molecule has 7 nitrogen and oxygen atoms in total. The number of aromatic nitrogens is 4. The van der Waals surface area contributed by atoms with Crippen molar-refractivity contribution in [1.82, 2.24) is 30.4 Å². The van der Waals surface area contributed by atoms with Crippen LogP contribution in [0.25, 0.3) is 0 Å². The van der Waals surface area contributed by atoms with Gasteiger partial charge in [0, 0.05) is 49.7 Å². The van der Waals surface area contributed by atoms with Gasteiger partial charge < -0.3 is 15.2 Å². The van der Waals surface area contributed by atoms with E-state index < -0.39 is 0 Å². The Morgan fingerprint density at radius 1 is 1.25 bits per heavy atom. The minimum Gasteiger partial charge on any atom is -0.343 e. The molecule has 0 saturated heterocycles. The number of imidazole rings is 1. The summed E-state index contributed by atoms with van der Waals surface area (Å²) in [6.07, 6.45) is 6.68. The maximum atomic E-state index is 12.5. The van der Waals surface area contributed by atoms with E-state index >= 15 is 0 Å². The summed E-state index contributed by atoms with van der Waals surface area (Å²) >= 11 is 0. The lowest BCUT2D eigenvalue weighted by Crippen LogP contribution is -2.29. The molecule has 8 heteroatoms. The molecule has 3 N–H and O–H groups in total. The Morgan fingerprint density at radius 3 is 2.96 bits per heavy atom. The highest BCUT2D eigenvalue weighted by Crippen LogP contribution is 2.15. The first-order valence-electron chi connectivity index (χ1n) is 9.40. The van der Waals surface area contributed by atoms with Crippen LogP contribution in [0.3, 0.4) is 0 Å². The molecular formula is C20H25ClN6O. The standard InChI is InChI=1S/C20H24N6O.ClH/c27-20(19-16-13-21-9-8-17(16)24-25-19)23-14-18-22-10-12-26(18)11-4-7-15-5-2-1-3-6-15;/h1-3,5-6,10,12,21H,4,7-9,11,13-14H2,(H,23,27)(H,24,25);1H. The minimum absolute atomic E-state index is 0. The summed E-state index contributed by atoms with van der Waals surface area (Å²) in [6.45, 7) is 2.87. The third kappa shape index (κ3) is 4.61. The van der Waals surface area contributed by atoms with Gasteiger partial charge in [-0.1, -0.05) is 30.3 Å². The molecule has 0 fully saturated rings. The maximum Gasteiger partial charge on any atom is 0.272 e. The Hall–Kier alpha value is -2.64. The zero-order chi connectivity index (χ0) is 18.5. The number of rotatable bonds is 7. The summed E-state index contributed by atoms with van der Waals surface area (Å²) < 4.78 is 2.10. The SMILES string of the molecule is Cl.O=C(NCc1nccn1CCCc1ccccc1)c1n[nH]c2c1CNCC2. The van der Waals surface area contributed by atoms with E-state index in [0.717, 1.165) is 49.4 Å². The first-order valence-corrected chi connectivity index (χ1v) is 9.40. The summed E-state index contributed by atoms with van der Waals surface area (Å²) in [6, 6.07) is 10.5. The minimum atomic E-state index is -0.157. The van der Waals surface area contributed by atoms with E-state index in [2.05, 4.69) is 54.6 Å². The van der Waals surface area contributed by atoms with Crippen LogP contribution in [0.4, 0.5) is 0 Å². The molecule has 1 aliphatic heterocycles. The molecule has 1 amide bonds. The summed E-state index contributed by atoms with van der Waals surface area (Å²) in [5, 5.41) is 13.4. The highest BCUT2D eigenvalue weighted by atomic mass is 35.5. The number of hydrogen-bond donors (Lipinski definition) is 3. The summed E-state index contributed by atoms with van der Waals surface area (Å²) in [4.78, 5) is 16.9. The van der Waals surface area contributed by atoms with Crippen LogP contribution in [0.1, 0.15) is 39.6 Å². The summed E-state index contributed by atoms with van der Waals surface area (Å²) in [7, 11) is 0. The molecule has 0 bridgehead atoms. The van der Waals surface area contributed by atoms with Gasteiger partial charge in [-0.2, -0.15) is 5.10 Å². The molecule has 28 heavy (non-hydrogen) atoms. The molecule has 0 unspecified atom stereocenters. The Bertz CT molecular complexity index is 905. The van der Waals surface area contributed by atoms with Gasteiger partial charge in [0.2, 0.25) is 0 Å². The van der Waals surface area contributed by atoms with E-state index in [1.165, 1.54) is 5.56 Å². The smallest absolute Gasteiger partial charge is 0.272 e. The maximum absolute atomic E-state index is 12.5. The number of aromatic amines is 1. The number of aryl methyl sites for hydroxylation is 2. The van der Waals surface area contributed by atoms with E-state index in [9.17, 15) is 4.79 Å². The Balaban J connectivity index is 0.00000225. The van der Waals surface area contributed by atoms with Gasteiger partial charge in [0.25, 0.3) is 5.91 Å². The Kier molecular flexibility index (Phi) is 6.84. The molecule has 0 radical (unpaired) electrons. The van der Waals surface area contributed by atoms with Crippen LogP contribution in [-0.2, 0) is 32.5 Å². The number of halogens is 1. The molecule has 1 aromatic carbocycles. The van der Waals surface area contributed by atoms with Gasteiger partial charge in [-0.05, 0) is 18.4 Å². The van der Waals surface area contributed by atoms with Crippen molar-refractivity contribution in [1.29, 1.82) is 0 Å².